The second-order valence-corrected chi connectivity index (χ2v) is 5.84. The molecule has 0 saturated heterocycles. The predicted octanol–water partition coefficient (Wildman–Crippen LogP) is 1.32. The van der Waals surface area contributed by atoms with Crippen LogP contribution in [0, 0.1) is 6.92 Å². The molecule has 0 spiro atoms. The summed E-state index contributed by atoms with van der Waals surface area (Å²) in [5.41, 5.74) is 1.32. The summed E-state index contributed by atoms with van der Waals surface area (Å²) < 4.78 is 22.9. The number of sulfone groups is 1. The summed E-state index contributed by atoms with van der Waals surface area (Å²) in [6.45, 7) is 3.23. The van der Waals surface area contributed by atoms with Gasteiger partial charge in [-0.25, -0.2) is 8.42 Å². The lowest BCUT2D eigenvalue weighted by Crippen LogP contribution is -2.06. The molecule has 0 aromatic carbocycles. The second-order valence-electron chi connectivity index (χ2n) is 3.85. The van der Waals surface area contributed by atoms with Crippen LogP contribution in [0.5, 0.6) is 0 Å². The zero-order valence-corrected chi connectivity index (χ0v) is 10.5. The first-order chi connectivity index (χ1) is 7.32. The van der Waals surface area contributed by atoms with Crippen molar-refractivity contribution < 1.29 is 13.2 Å². The van der Waals surface area contributed by atoms with Crippen molar-refractivity contribution in [1.82, 2.24) is 4.98 Å². The fraction of sp³-hybridized carbons (Fsp3) is 0.455. The highest BCUT2D eigenvalue weighted by Gasteiger charge is 2.14. The molecule has 88 valence electrons. The molecular weight excluding hydrogens is 226 g/mol. The number of hydrogen-bond donors (Lipinski definition) is 0. The summed E-state index contributed by atoms with van der Waals surface area (Å²) in [5.74, 6) is 0.0750. The molecule has 1 aromatic heterocycles. The first-order valence-electron chi connectivity index (χ1n) is 4.96. The van der Waals surface area contributed by atoms with Gasteiger partial charge in [-0.1, -0.05) is 0 Å². The Morgan fingerprint density at radius 3 is 2.56 bits per heavy atom. The molecule has 0 aliphatic heterocycles. The zero-order chi connectivity index (χ0) is 12.3. The van der Waals surface area contributed by atoms with E-state index >= 15 is 0 Å². The van der Waals surface area contributed by atoms with Crippen LogP contribution in [-0.4, -0.2) is 25.4 Å². The Labute approximate surface area is 95.6 Å². The van der Waals surface area contributed by atoms with Gasteiger partial charge in [0.2, 0.25) is 0 Å². The first-order valence-corrected chi connectivity index (χ1v) is 6.85. The van der Waals surface area contributed by atoms with E-state index in [0.29, 0.717) is 29.0 Å². The van der Waals surface area contributed by atoms with Crippen molar-refractivity contribution >= 4 is 15.6 Å². The molecule has 0 aliphatic rings. The zero-order valence-electron chi connectivity index (χ0n) is 9.65. The molecule has 0 radical (unpaired) electrons. The maximum Gasteiger partial charge on any atom is 0.175 e. The number of carbonyl (C=O) groups excluding carboxylic acids is 1. The quantitative estimate of drug-likeness (QED) is 0.797. The summed E-state index contributed by atoms with van der Waals surface area (Å²) in [6, 6.07) is 1.49. The topological polar surface area (TPSA) is 64.1 Å². The summed E-state index contributed by atoms with van der Waals surface area (Å²) >= 11 is 0. The smallest absolute Gasteiger partial charge is 0.175 e. The highest BCUT2D eigenvalue weighted by Crippen LogP contribution is 2.17. The van der Waals surface area contributed by atoms with Crippen LogP contribution in [0.3, 0.4) is 0 Å². The Morgan fingerprint density at radius 2 is 2.06 bits per heavy atom. The lowest BCUT2D eigenvalue weighted by Gasteiger charge is -2.07. The van der Waals surface area contributed by atoms with E-state index < -0.39 is 9.84 Å². The van der Waals surface area contributed by atoms with Gasteiger partial charge in [0.25, 0.3) is 0 Å². The molecule has 1 rings (SSSR count). The van der Waals surface area contributed by atoms with Crippen molar-refractivity contribution in [2.24, 2.45) is 0 Å². The number of aromatic nitrogens is 1. The summed E-state index contributed by atoms with van der Waals surface area (Å²) in [7, 11) is -3.22. The number of ketones is 1. The van der Waals surface area contributed by atoms with E-state index in [4.69, 9.17) is 0 Å². The van der Waals surface area contributed by atoms with Gasteiger partial charge < -0.3 is 4.79 Å². The Hall–Kier alpha value is -1.23. The lowest BCUT2D eigenvalue weighted by molar-refractivity contribution is -0.116. The van der Waals surface area contributed by atoms with Gasteiger partial charge in [0.05, 0.1) is 4.90 Å². The molecule has 0 atom stereocenters. The third kappa shape index (κ3) is 3.13. The summed E-state index contributed by atoms with van der Waals surface area (Å²) in [4.78, 5) is 15.3. The minimum absolute atomic E-state index is 0.0750. The number of hydrogen-bond acceptors (Lipinski definition) is 4. The van der Waals surface area contributed by atoms with Crippen LogP contribution in [0.25, 0.3) is 0 Å². The van der Waals surface area contributed by atoms with E-state index in [-0.39, 0.29) is 5.78 Å². The van der Waals surface area contributed by atoms with E-state index in [0.717, 1.165) is 0 Å². The van der Waals surface area contributed by atoms with Gasteiger partial charge in [0, 0.05) is 24.6 Å². The van der Waals surface area contributed by atoms with Gasteiger partial charge in [-0.05, 0) is 31.9 Å². The number of carbonyl (C=O) groups is 1. The van der Waals surface area contributed by atoms with Gasteiger partial charge in [0.15, 0.2) is 9.84 Å². The maximum atomic E-state index is 11.4. The minimum atomic E-state index is -3.22. The Balaban J connectivity index is 3.10. The number of nitrogens with zero attached hydrogens (tertiary/aromatic N) is 1. The van der Waals surface area contributed by atoms with E-state index in [1.807, 2.05) is 0 Å². The molecule has 5 heteroatoms. The molecule has 0 bridgehead atoms. The fourth-order valence-electron chi connectivity index (χ4n) is 1.51. The van der Waals surface area contributed by atoms with Crippen molar-refractivity contribution in [2.75, 3.05) is 6.26 Å². The van der Waals surface area contributed by atoms with Gasteiger partial charge in [-0.2, -0.15) is 0 Å². The molecule has 0 amide bonds. The summed E-state index contributed by atoms with van der Waals surface area (Å²) in [6.07, 6.45) is 3.52. The van der Waals surface area contributed by atoms with Gasteiger partial charge in [-0.15, -0.1) is 0 Å². The number of pyridine rings is 1. The highest BCUT2D eigenvalue weighted by atomic mass is 32.2. The van der Waals surface area contributed by atoms with E-state index in [1.54, 1.807) is 6.92 Å². The van der Waals surface area contributed by atoms with Crippen LogP contribution in [0.15, 0.2) is 17.2 Å². The Bertz CT molecular complexity index is 506. The largest absolute Gasteiger partial charge is 0.300 e. The minimum Gasteiger partial charge on any atom is -0.300 e. The van der Waals surface area contributed by atoms with Crippen LogP contribution in [0.1, 0.15) is 24.6 Å². The predicted molar refractivity (Wildman–Crippen MR) is 61.1 cm³/mol. The molecule has 0 unspecified atom stereocenters. The van der Waals surface area contributed by atoms with E-state index in [9.17, 15) is 13.2 Å². The van der Waals surface area contributed by atoms with Crippen molar-refractivity contribution in [3.05, 3.63) is 23.5 Å². The van der Waals surface area contributed by atoms with Crippen molar-refractivity contribution in [3.63, 3.8) is 0 Å². The van der Waals surface area contributed by atoms with Gasteiger partial charge >= 0.3 is 0 Å². The van der Waals surface area contributed by atoms with Crippen LogP contribution >= 0.6 is 0 Å². The van der Waals surface area contributed by atoms with Crippen molar-refractivity contribution in [3.8, 4) is 0 Å². The third-order valence-corrected chi connectivity index (χ3v) is 3.61. The fourth-order valence-corrected chi connectivity index (χ4v) is 2.49. The SMILES string of the molecule is CC(=O)CCc1nccc(S(C)(=O)=O)c1C. The summed E-state index contributed by atoms with van der Waals surface area (Å²) in [5, 5.41) is 0. The third-order valence-electron chi connectivity index (χ3n) is 2.37. The average Bonchev–Trinajstić information content (AvgIpc) is 2.14. The van der Waals surface area contributed by atoms with Crippen LogP contribution in [0.4, 0.5) is 0 Å². The normalized spacial score (nSPS) is 11.4. The van der Waals surface area contributed by atoms with E-state index in [2.05, 4.69) is 4.98 Å². The van der Waals surface area contributed by atoms with Crippen LogP contribution in [0.2, 0.25) is 0 Å². The molecule has 4 nitrogen and oxygen atoms in total. The molecule has 0 aliphatic carbocycles. The van der Waals surface area contributed by atoms with Gasteiger partial charge in [0.1, 0.15) is 5.78 Å². The average molecular weight is 241 g/mol. The Morgan fingerprint density at radius 1 is 1.44 bits per heavy atom. The maximum absolute atomic E-state index is 11.4. The monoisotopic (exact) mass is 241 g/mol. The number of Topliss-reactive ketones (excluding diaryl/α,β-unsaturated/α-hetero) is 1. The lowest BCUT2D eigenvalue weighted by atomic mass is 10.1. The number of rotatable bonds is 4. The Kier molecular flexibility index (Phi) is 3.80. The van der Waals surface area contributed by atoms with Crippen LogP contribution in [-0.2, 0) is 21.1 Å². The standard InChI is InChI=1S/C11H15NO3S/c1-8(13)4-5-10-9(2)11(6-7-12-10)16(3,14)15/h6-7H,4-5H2,1-3H3. The van der Waals surface area contributed by atoms with Crippen molar-refractivity contribution in [1.29, 1.82) is 0 Å². The van der Waals surface area contributed by atoms with E-state index in [1.165, 1.54) is 25.4 Å². The molecule has 1 aromatic rings. The van der Waals surface area contributed by atoms with Gasteiger partial charge in [-0.3, -0.25) is 4.98 Å². The molecule has 1 heterocycles. The van der Waals surface area contributed by atoms with Crippen molar-refractivity contribution in [2.45, 2.75) is 31.6 Å². The molecule has 0 fully saturated rings. The molecule has 0 saturated carbocycles. The second kappa shape index (κ2) is 4.74. The highest BCUT2D eigenvalue weighted by molar-refractivity contribution is 7.90. The first kappa shape index (κ1) is 12.8. The molecule has 0 N–H and O–H groups in total. The van der Waals surface area contributed by atoms with Crippen LogP contribution < -0.4 is 0 Å². The molecular formula is C11H15NO3S. The number of aryl methyl sites for hydroxylation is 1. The molecule has 16 heavy (non-hydrogen) atoms.